The fourth-order valence-corrected chi connectivity index (χ4v) is 2.70. The second kappa shape index (κ2) is 4.26. The first kappa shape index (κ1) is 11.2. The van der Waals surface area contributed by atoms with Crippen molar-refractivity contribution in [2.45, 2.75) is 50.7 Å². The van der Waals surface area contributed by atoms with Gasteiger partial charge in [0.15, 0.2) is 0 Å². The molecule has 0 aromatic carbocycles. The van der Waals surface area contributed by atoms with Gasteiger partial charge in [-0.3, -0.25) is 0 Å². The van der Waals surface area contributed by atoms with Gasteiger partial charge >= 0.3 is 0 Å². The molecular formula is C13H22O2. The molecule has 2 atom stereocenters. The highest BCUT2D eigenvalue weighted by Gasteiger charge is 2.36. The maximum Gasteiger partial charge on any atom is 0.0830 e. The summed E-state index contributed by atoms with van der Waals surface area (Å²) < 4.78 is 5.26. The molecule has 2 heteroatoms. The van der Waals surface area contributed by atoms with Gasteiger partial charge in [-0.15, -0.1) is 0 Å². The Hall–Kier alpha value is -0.340. The summed E-state index contributed by atoms with van der Waals surface area (Å²) in [6.45, 7) is 2.21. The van der Waals surface area contributed by atoms with Gasteiger partial charge in [0.05, 0.1) is 11.7 Å². The molecule has 1 saturated carbocycles. The van der Waals surface area contributed by atoms with Crippen molar-refractivity contribution in [3.63, 3.8) is 0 Å². The average Bonchev–Trinajstić information content (AvgIpc) is 2.16. The van der Waals surface area contributed by atoms with Gasteiger partial charge in [0.2, 0.25) is 0 Å². The van der Waals surface area contributed by atoms with Crippen LogP contribution >= 0.6 is 0 Å². The molecule has 0 amide bonds. The van der Waals surface area contributed by atoms with E-state index < -0.39 is 5.60 Å². The van der Waals surface area contributed by atoms with Gasteiger partial charge in [0.1, 0.15) is 0 Å². The number of hydrogen-bond acceptors (Lipinski definition) is 2. The van der Waals surface area contributed by atoms with Crippen LogP contribution in [0.25, 0.3) is 0 Å². The molecule has 0 bridgehead atoms. The zero-order chi connectivity index (χ0) is 10.9. The molecule has 1 fully saturated rings. The lowest BCUT2D eigenvalue weighted by molar-refractivity contribution is -0.0370. The number of methoxy groups -OCH3 is 1. The molecule has 0 heterocycles. The van der Waals surface area contributed by atoms with Crippen molar-refractivity contribution in [2.24, 2.45) is 11.8 Å². The molecule has 0 saturated heterocycles. The van der Waals surface area contributed by atoms with Crippen molar-refractivity contribution in [1.82, 2.24) is 0 Å². The Morgan fingerprint density at radius 1 is 1.47 bits per heavy atom. The maximum atomic E-state index is 10.4. The molecule has 15 heavy (non-hydrogen) atoms. The van der Waals surface area contributed by atoms with Crippen molar-refractivity contribution in [3.8, 4) is 0 Å². The van der Waals surface area contributed by atoms with Crippen molar-refractivity contribution in [3.05, 3.63) is 12.2 Å². The van der Waals surface area contributed by atoms with E-state index in [0.29, 0.717) is 17.9 Å². The van der Waals surface area contributed by atoms with Crippen LogP contribution < -0.4 is 0 Å². The Morgan fingerprint density at radius 3 is 2.73 bits per heavy atom. The first-order chi connectivity index (χ1) is 7.11. The van der Waals surface area contributed by atoms with Crippen molar-refractivity contribution < 1.29 is 9.84 Å². The summed E-state index contributed by atoms with van der Waals surface area (Å²) in [5, 5.41) is 10.4. The van der Waals surface area contributed by atoms with Crippen molar-refractivity contribution in [2.75, 3.05) is 7.11 Å². The van der Waals surface area contributed by atoms with Crippen LogP contribution in [0.15, 0.2) is 12.2 Å². The molecule has 2 aliphatic carbocycles. The average molecular weight is 210 g/mol. The molecule has 0 aliphatic heterocycles. The van der Waals surface area contributed by atoms with E-state index in [1.165, 1.54) is 0 Å². The zero-order valence-electron chi connectivity index (χ0n) is 9.78. The lowest BCUT2D eigenvalue weighted by Crippen LogP contribution is -2.39. The summed E-state index contributed by atoms with van der Waals surface area (Å²) in [5.74, 6) is 1.30. The Labute approximate surface area is 92.3 Å². The lowest BCUT2D eigenvalue weighted by Gasteiger charge is -2.40. The quantitative estimate of drug-likeness (QED) is 0.725. The molecule has 2 nitrogen and oxygen atoms in total. The van der Waals surface area contributed by atoms with Gasteiger partial charge in [0.25, 0.3) is 0 Å². The van der Waals surface area contributed by atoms with Gasteiger partial charge in [0, 0.05) is 7.11 Å². The molecule has 0 spiro atoms. The third kappa shape index (κ3) is 2.61. The largest absolute Gasteiger partial charge is 0.386 e. The molecule has 0 aromatic rings. The summed E-state index contributed by atoms with van der Waals surface area (Å²) in [4.78, 5) is 0. The molecule has 1 N–H and O–H groups in total. The Kier molecular flexibility index (Phi) is 3.17. The number of aliphatic hydroxyl groups is 1. The van der Waals surface area contributed by atoms with E-state index in [4.69, 9.17) is 4.74 Å². The van der Waals surface area contributed by atoms with Gasteiger partial charge in [-0.05, 0) is 43.9 Å². The Balaban J connectivity index is 1.82. The van der Waals surface area contributed by atoms with Crippen LogP contribution in [0.3, 0.4) is 0 Å². The van der Waals surface area contributed by atoms with Crippen LogP contribution in [0, 0.1) is 11.8 Å². The van der Waals surface area contributed by atoms with Crippen LogP contribution in [0.4, 0.5) is 0 Å². The highest BCUT2D eigenvalue weighted by atomic mass is 16.5. The fourth-order valence-electron chi connectivity index (χ4n) is 2.70. The molecule has 2 rings (SSSR count). The SMILES string of the molecule is COC1CC(CC2(O)C=CC(C)CC2)C1. The second-order valence-electron chi connectivity index (χ2n) is 5.38. The Bertz CT molecular complexity index is 243. The summed E-state index contributed by atoms with van der Waals surface area (Å²) in [7, 11) is 1.78. The number of ether oxygens (including phenoxy) is 1. The van der Waals surface area contributed by atoms with E-state index >= 15 is 0 Å². The van der Waals surface area contributed by atoms with Gasteiger partial charge in [-0.25, -0.2) is 0 Å². The molecule has 2 aliphatic rings. The zero-order valence-corrected chi connectivity index (χ0v) is 9.78. The second-order valence-corrected chi connectivity index (χ2v) is 5.38. The minimum atomic E-state index is -0.518. The molecular weight excluding hydrogens is 188 g/mol. The van der Waals surface area contributed by atoms with Crippen molar-refractivity contribution >= 4 is 0 Å². The topological polar surface area (TPSA) is 29.5 Å². The van der Waals surface area contributed by atoms with Crippen LogP contribution in [0.5, 0.6) is 0 Å². The van der Waals surface area contributed by atoms with Gasteiger partial charge in [-0.2, -0.15) is 0 Å². The molecule has 0 aromatic heterocycles. The summed E-state index contributed by atoms with van der Waals surface area (Å²) in [6.07, 6.45) is 9.87. The summed E-state index contributed by atoms with van der Waals surface area (Å²) in [6, 6.07) is 0. The highest BCUT2D eigenvalue weighted by Crippen LogP contribution is 2.39. The predicted octanol–water partition coefficient (Wildman–Crippen LogP) is 2.52. The lowest BCUT2D eigenvalue weighted by atomic mass is 9.72. The minimum Gasteiger partial charge on any atom is -0.386 e. The molecule has 86 valence electrons. The monoisotopic (exact) mass is 210 g/mol. The molecule has 2 unspecified atom stereocenters. The molecule has 0 radical (unpaired) electrons. The van der Waals surface area contributed by atoms with Crippen molar-refractivity contribution in [1.29, 1.82) is 0 Å². The first-order valence-corrected chi connectivity index (χ1v) is 6.06. The highest BCUT2D eigenvalue weighted by molar-refractivity contribution is 5.08. The maximum absolute atomic E-state index is 10.4. The van der Waals surface area contributed by atoms with Gasteiger partial charge < -0.3 is 9.84 Å². The number of rotatable bonds is 3. The normalized spacial score (nSPS) is 45.1. The Morgan fingerprint density at radius 2 is 2.20 bits per heavy atom. The number of hydrogen-bond donors (Lipinski definition) is 1. The van der Waals surface area contributed by atoms with Crippen LogP contribution in [0.2, 0.25) is 0 Å². The van der Waals surface area contributed by atoms with Gasteiger partial charge in [-0.1, -0.05) is 19.1 Å². The van der Waals surface area contributed by atoms with Crippen LogP contribution in [-0.4, -0.2) is 23.9 Å². The summed E-state index contributed by atoms with van der Waals surface area (Å²) >= 11 is 0. The number of allylic oxidation sites excluding steroid dienone is 1. The third-order valence-corrected chi connectivity index (χ3v) is 3.94. The third-order valence-electron chi connectivity index (χ3n) is 3.94. The first-order valence-electron chi connectivity index (χ1n) is 6.06. The predicted molar refractivity (Wildman–Crippen MR) is 60.6 cm³/mol. The minimum absolute atomic E-state index is 0.449. The van der Waals surface area contributed by atoms with E-state index in [2.05, 4.69) is 13.0 Å². The van der Waals surface area contributed by atoms with E-state index in [0.717, 1.165) is 32.1 Å². The van der Waals surface area contributed by atoms with E-state index in [9.17, 15) is 5.11 Å². The van der Waals surface area contributed by atoms with E-state index in [-0.39, 0.29) is 0 Å². The summed E-state index contributed by atoms with van der Waals surface area (Å²) in [5.41, 5.74) is -0.518. The van der Waals surface area contributed by atoms with E-state index in [1.807, 2.05) is 6.08 Å². The smallest absolute Gasteiger partial charge is 0.0830 e. The van der Waals surface area contributed by atoms with Crippen LogP contribution in [0.1, 0.15) is 39.0 Å². The van der Waals surface area contributed by atoms with Crippen LogP contribution in [-0.2, 0) is 4.74 Å². The fraction of sp³-hybridized carbons (Fsp3) is 0.846. The standard InChI is InChI=1S/C13H22O2/c1-10-3-5-13(14,6-4-10)9-11-7-12(8-11)15-2/h3,5,10-12,14H,4,6-9H2,1-2H3. The van der Waals surface area contributed by atoms with E-state index in [1.54, 1.807) is 7.11 Å².